The van der Waals surface area contributed by atoms with E-state index < -0.39 is 0 Å². The average Bonchev–Trinajstić information content (AvgIpc) is 2.94. The first-order valence-corrected chi connectivity index (χ1v) is 6.89. The number of hydrogen-bond donors (Lipinski definition) is 1. The molecule has 0 radical (unpaired) electrons. The SMILES string of the molecule is OC1CCCC1OC1CCC2(CC1)OCCO2. The first kappa shape index (κ1) is 11.9. The quantitative estimate of drug-likeness (QED) is 0.799. The molecule has 17 heavy (non-hydrogen) atoms. The smallest absolute Gasteiger partial charge is 0.168 e. The Labute approximate surface area is 102 Å². The molecule has 1 N–H and O–H groups in total. The second-order valence-corrected chi connectivity index (χ2v) is 5.48. The fraction of sp³-hybridized carbons (Fsp3) is 1.00. The van der Waals surface area contributed by atoms with Gasteiger partial charge in [0.1, 0.15) is 0 Å². The third-order valence-electron chi connectivity index (χ3n) is 4.29. The van der Waals surface area contributed by atoms with Gasteiger partial charge in [-0.2, -0.15) is 0 Å². The van der Waals surface area contributed by atoms with E-state index in [9.17, 15) is 5.11 Å². The molecule has 0 aromatic rings. The van der Waals surface area contributed by atoms with Crippen LogP contribution in [-0.4, -0.2) is 42.4 Å². The van der Waals surface area contributed by atoms with Crippen molar-refractivity contribution in [3.8, 4) is 0 Å². The van der Waals surface area contributed by atoms with Crippen LogP contribution < -0.4 is 0 Å². The lowest BCUT2D eigenvalue weighted by molar-refractivity contribution is -0.198. The summed E-state index contributed by atoms with van der Waals surface area (Å²) >= 11 is 0. The molecule has 1 heterocycles. The van der Waals surface area contributed by atoms with Crippen molar-refractivity contribution in [2.45, 2.75) is 69.0 Å². The van der Waals surface area contributed by atoms with Crippen LogP contribution in [0.25, 0.3) is 0 Å². The monoisotopic (exact) mass is 242 g/mol. The average molecular weight is 242 g/mol. The van der Waals surface area contributed by atoms with E-state index in [1.165, 1.54) is 0 Å². The zero-order chi connectivity index (χ0) is 11.7. The van der Waals surface area contributed by atoms with Gasteiger partial charge in [-0.15, -0.1) is 0 Å². The minimum absolute atomic E-state index is 0.0689. The molecule has 2 aliphatic carbocycles. The van der Waals surface area contributed by atoms with Crippen molar-refractivity contribution in [2.75, 3.05) is 13.2 Å². The Kier molecular flexibility index (Phi) is 3.39. The van der Waals surface area contributed by atoms with Crippen LogP contribution in [0.4, 0.5) is 0 Å². The predicted molar refractivity (Wildman–Crippen MR) is 61.6 cm³/mol. The lowest BCUT2D eigenvalue weighted by Crippen LogP contribution is -2.39. The molecule has 0 bridgehead atoms. The van der Waals surface area contributed by atoms with E-state index in [0.29, 0.717) is 0 Å². The highest BCUT2D eigenvalue weighted by molar-refractivity contribution is 4.85. The van der Waals surface area contributed by atoms with Crippen molar-refractivity contribution in [2.24, 2.45) is 0 Å². The molecule has 3 rings (SSSR count). The van der Waals surface area contributed by atoms with E-state index in [1.54, 1.807) is 0 Å². The van der Waals surface area contributed by atoms with Crippen LogP contribution in [0.3, 0.4) is 0 Å². The van der Waals surface area contributed by atoms with Crippen molar-refractivity contribution < 1.29 is 19.3 Å². The number of hydrogen-bond acceptors (Lipinski definition) is 4. The van der Waals surface area contributed by atoms with Crippen LogP contribution >= 0.6 is 0 Å². The molecule has 3 fully saturated rings. The summed E-state index contributed by atoms with van der Waals surface area (Å²) in [7, 11) is 0. The van der Waals surface area contributed by atoms with Gasteiger partial charge >= 0.3 is 0 Å². The van der Waals surface area contributed by atoms with Crippen molar-refractivity contribution >= 4 is 0 Å². The van der Waals surface area contributed by atoms with Crippen molar-refractivity contribution in [3.05, 3.63) is 0 Å². The molecule has 1 spiro atoms. The minimum atomic E-state index is -0.297. The van der Waals surface area contributed by atoms with Crippen LogP contribution in [0.1, 0.15) is 44.9 Å². The van der Waals surface area contributed by atoms with E-state index in [2.05, 4.69) is 0 Å². The van der Waals surface area contributed by atoms with Gasteiger partial charge in [-0.25, -0.2) is 0 Å². The number of ether oxygens (including phenoxy) is 3. The number of rotatable bonds is 2. The molecule has 2 saturated carbocycles. The van der Waals surface area contributed by atoms with Gasteiger partial charge in [0.15, 0.2) is 5.79 Å². The van der Waals surface area contributed by atoms with Crippen molar-refractivity contribution in [1.82, 2.24) is 0 Å². The Morgan fingerprint density at radius 3 is 2.29 bits per heavy atom. The Morgan fingerprint density at radius 2 is 1.71 bits per heavy atom. The highest BCUT2D eigenvalue weighted by atomic mass is 16.7. The summed E-state index contributed by atoms with van der Waals surface area (Å²) in [6, 6.07) is 0. The zero-order valence-corrected chi connectivity index (χ0v) is 10.3. The third kappa shape index (κ3) is 2.50. The largest absolute Gasteiger partial charge is 0.390 e. The summed E-state index contributed by atoms with van der Waals surface area (Å²) in [6.45, 7) is 1.46. The predicted octanol–water partition coefficient (Wildman–Crippen LogP) is 1.60. The summed E-state index contributed by atoms with van der Waals surface area (Å²) in [5.41, 5.74) is 0. The van der Waals surface area contributed by atoms with Gasteiger partial charge in [0, 0.05) is 12.8 Å². The Hall–Kier alpha value is -0.160. The second kappa shape index (κ2) is 4.84. The highest BCUT2D eigenvalue weighted by Gasteiger charge is 2.41. The maximum atomic E-state index is 9.75. The van der Waals surface area contributed by atoms with Gasteiger partial charge in [0.05, 0.1) is 31.5 Å². The first-order chi connectivity index (χ1) is 8.27. The molecule has 1 aliphatic heterocycles. The van der Waals surface area contributed by atoms with Crippen LogP contribution in [0, 0.1) is 0 Å². The summed E-state index contributed by atoms with van der Waals surface area (Å²) < 4.78 is 17.4. The molecule has 3 aliphatic rings. The number of aliphatic hydroxyl groups excluding tert-OH is 1. The van der Waals surface area contributed by atoms with E-state index in [1.807, 2.05) is 0 Å². The van der Waals surface area contributed by atoms with Gasteiger partial charge in [0.2, 0.25) is 0 Å². The summed E-state index contributed by atoms with van der Waals surface area (Å²) in [5.74, 6) is -0.297. The van der Waals surface area contributed by atoms with Gasteiger partial charge in [0.25, 0.3) is 0 Å². The highest BCUT2D eigenvalue weighted by Crippen LogP contribution is 2.38. The van der Waals surface area contributed by atoms with Crippen molar-refractivity contribution in [3.63, 3.8) is 0 Å². The maximum Gasteiger partial charge on any atom is 0.168 e. The molecule has 1 saturated heterocycles. The van der Waals surface area contributed by atoms with Crippen LogP contribution in [-0.2, 0) is 14.2 Å². The van der Waals surface area contributed by atoms with E-state index in [-0.39, 0.29) is 24.1 Å². The lowest BCUT2D eigenvalue weighted by Gasteiger charge is -2.36. The Bertz CT molecular complexity index is 252. The molecule has 2 unspecified atom stereocenters. The maximum absolute atomic E-state index is 9.75. The minimum Gasteiger partial charge on any atom is -0.390 e. The molecule has 0 amide bonds. The lowest BCUT2D eigenvalue weighted by atomic mass is 9.91. The Balaban J connectivity index is 1.48. The van der Waals surface area contributed by atoms with Gasteiger partial charge in [-0.3, -0.25) is 0 Å². The van der Waals surface area contributed by atoms with Gasteiger partial charge < -0.3 is 19.3 Å². The fourth-order valence-corrected chi connectivity index (χ4v) is 3.27. The molecule has 2 atom stereocenters. The van der Waals surface area contributed by atoms with Crippen LogP contribution in [0.2, 0.25) is 0 Å². The summed E-state index contributed by atoms with van der Waals surface area (Å²) in [5, 5.41) is 9.75. The molecule has 0 aromatic carbocycles. The Morgan fingerprint density at radius 1 is 1.00 bits per heavy atom. The third-order valence-corrected chi connectivity index (χ3v) is 4.29. The van der Waals surface area contributed by atoms with Crippen LogP contribution in [0.5, 0.6) is 0 Å². The summed E-state index contributed by atoms with van der Waals surface area (Å²) in [4.78, 5) is 0. The molecule has 4 heteroatoms. The standard InChI is InChI=1S/C13H22O4/c14-11-2-1-3-12(11)17-10-4-6-13(7-5-10)15-8-9-16-13/h10-12,14H,1-9H2. The second-order valence-electron chi connectivity index (χ2n) is 5.48. The molecular formula is C13H22O4. The topological polar surface area (TPSA) is 47.9 Å². The van der Waals surface area contributed by atoms with E-state index >= 15 is 0 Å². The normalized spacial score (nSPS) is 37.9. The fourth-order valence-electron chi connectivity index (χ4n) is 3.27. The van der Waals surface area contributed by atoms with Crippen molar-refractivity contribution in [1.29, 1.82) is 0 Å². The number of aliphatic hydroxyl groups is 1. The van der Waals surface area contributed by atoms with E-state index in [0.717, 1.165) is 58.2 Å². The van der Waals surface area contributed by atoms with Gasteiger partial charge in [-0.1, -0.05) is 0 Å². The van der Waals surface area contributed by atoms with Gasteiger partial charge in [-0.05, 0) is 32.1 Å². The summed E-state index contributed by atoms with van der Waals surface area (Å²) in [6.07, 6.45) is 6.95. The van der Waals surface area contributed by atoms with Crippen LogP contribution in [0.15, 0.2) is 0 Å². The molecule has 0 aromatic heterocycles. The zero-order valence-electron chi connectivity index (χ0n) is 10.3. The first-order valence-electron chi connectivity index (χ1n) is 6.89. The molecule has 4 nitrogen and oxygen atoms in total. The molecule has 98 valence electrons. The molecular weight excluding hydrogens is 220 g/mol. The van der Waals surface area contributed by atoms with E-state index in [4.69, 9.17) is 14.2 Å².